The lowest BCUT2D eigenvalue weighted by atomic mass is 9.85. The minimum atomic E-state index is 0.106. The van der Waals surface area contributed by atoms with Crippen LogP contribution in [0.5, 0.6) is 0 Å². The van der Waals surface area contributed by atoms with Crippen LogP contribution in [-0.2, 0) is 19.3 Å². The third-order valence-electron chi connectivity index (χ3n) is 7.70. The Bertz CT molecular complexity index is 1220. The first-order valence-electron chi connectivity index (χ1n) is 14.1. The van der Waals surface area contributed by atoms with Crippen molar-refractivity contribution in [2.24, 2.45) is 16.0 Å². The van der Waals surface area contributed by atoms with Gasteiger partial charge in [0.15, 0.2) is 0 Å². The summed E-state index contributed by atoms with van der Waals surface area (Å²) in [6.07, 6.45) is 12.5. The van der Waals surface area contributed by atoms with Crippen molar-refractivity contribution in [3.8, 4) is 0 Å². The Labute approximate surface area is 235 Å². The predicted molar refractivity (Wildman–Crippen MR) is 170 cm³/mol. The van der Waals surface area contributed by atoms with Crippen LogP contribution in [0.25, 0.3) is 10.9 Å². The highest BCUT2D eigenvalue weighted by Crippen LogP contribution is 2.36. The summed E-state index contributed by atoms with van der Waals surface area (Å²) in [5, 5.41) is 7.43. The van der Waals surface area contributed by atoms with Crippen molar-refractivity contribution >= 4 is 35.1 Å². The van der Waals surface area contributed by atoms with E-state index < -0.39 is 0 Å². The molecule has 0 spiro atoms. The quantitative estimate of drug-likeness (QED) is 0.157. The lowest BCUT2D eigenvalue weighted by Crippen LogP contribution is -2.19. The average Bonchev–Trinajstić information content (AvgIpc) is 2.92. The van der Waals surface area contributed by atoms with Gasteiger partial charge >= 0.3 is 0 Å². The first-order chi connectivity index (χ1) is 18.4. The van der Waals surface area contributed by atoms with E-state index in [2.05, 4.69) is 82.1 Å². The lowest BCUT2D eigenvalue weighted by Gasteiger charge is -2.27. The summed E-state index contributed by atoms with van der Waals surface area (Å²) in [6, 6.07) is 6.86. The van der Waals surface area contributed by atoms with Crippen LogP contribution in [0.4, 0.5) is 0 Å². The normalized spacial score (nSPS) is 16.5. The zero-order valence-electron chi connectivity index (χ0n) is 24.4. The van der Waals surface area contributed by atoms with E-state index >= 15 is 0 Å². The number of aliphatic imine (C=N–C) groups is 1. The molecule has 0 amide bonds. The maximum absolute atomic E-state index is 5.21. The van der Waals surface area contributed by atoms with Crippen LogP contribution in [0, 0.1) is 5.92 Å². The maximum Gasteiger partial charge on any atom is 0.0708 e. The van der Waals surface area contributed by atoms with Crippen LogP contribution < -0.4 is 0 Å². The second-order valence-corrected chi connectivity index (χ2v) is 11.5. The topological polar surface area (TPSA) is 40.9 Å². The number of fused-ring (bicyclic) bond motifs is 1. The molecular weight excluding hydrogens is 484 g/mol. The number of rotatable bonds is 12. The molecule has 1 fully saturated rings. The molecule has 4 nitrogen and oxygen atoms in total. The van der Waals surface area contributed by atoms with Crippen molar-refractivity contribution in [3.63, 3.8) is 0 Å². The Morgan fingerprint density at radius 2 is 1.92 bits per heavy atom. The fourth-order valence-corrected chi connectivity index (χ4v) is 6.98. The number of likely N-dealkylation sites (N-methyl/N-ethyl adjacent to an activating group) is 1. The highest BCUT2D eigenvalue weighted by molar-refractivity contribution is 7.99. The highest BCUT2D eigenvalue weighted by atomic mass is 32.2. The highest BCUT2D eigenvalue weighted by Gasteiger charge is 2.24. The number of hydrazone groups is 1. The summed E-state index contributed by atoms with van der Waals surface area (Å²) in [5.74, 6) is 3.46. The SMILES string of the molecule is C=C/C=C(/C)N=C(C)CC(/C(=C/C)N(C)N=C)c1ccc2nc(CC)c(CC3CCSCC3)c(CC)c2c1. The molecule has 0 aliphatic carbocycles. The molecule has 1 aromatic carbocycles. The largest absolute Gasteiger partial charge is 0.273 e. The Hall–Kier alpha value is -2.66. The number of allylic oxidation sites excluding steroid dienone is 5. The zero-order valence-corrected chi connectivity index (χ0v) is 25.2. The van der Waals surface area contributed by atoms with Gasteiger partial charge in [-0.3, -0.25) is 15.0 Å². The van der Waals surface area contributed by atoms with Gasteiger partial charge in [0.2, 0.25) is 0 Å². The molecule has 1 unspecified atom stereocenters. The van der Waals surface area contributed by atoms with Crippen LogP contribution in [0.3, 0.4) is 0 Å². The van der Waals surface area contributed by atoms with Crippen molar-refractivity contribution in [2.45, 2.75) is 79.1 Å². The third-order valence-corrected chi connectivity index (χ3v) is 8.75. The van der Waals surface area contributed by atoms with Gasteiger partial charge in [-0.15, -0.1) is 0 Å². The molecule has 5 heteroatoms. The minimum absolute atomic E-state index is 0.106. The average molecular weight is 531 g/mol. The van der Waals surface area contributed by atoms with E-state index in [9.17, 15) is 0 Å². The number of aromatic nitrogens is 1. The molecule has 0 saturated carbocycles. The molecule has 2 heterocycles. The Balaban J connectivity index is 2.15. The van der Waals surface area contributed by atoms with Gasteiger partial charge in [-0.1, -0.05) is 38.6 Å². The monoisotopic (exact) mass is 530 g/mol. The molecule has 0 N–H and O–H groups in total. The molecule has 1 atom stereocenters. The number of thioether (sulfide) groups is 1. The van der Waals surface area contributed by atoms with E-state index in [1.165, 1.54) is 52.1 Å². The van der Waals surface area contributed by atoms with Gasteiger partial charge < -0.3 is 0 Å². The number of aryl methyl sites for hydroxylation is 2. The summed E-state index contributed by atoms with van der Waals surface area (Å²) in [5.41, 5.74) is 9.81. The molecule has 1 saturated heterocycles. The summed E-state index contributed by atoms with van der Waals surface area (Å²) >= 11 is 2.10. The van der Waals surface area contributed by atoms with E-state index in [-0.39, 0.29) is 5.92 Å². The Morgan fingerprint density at radius 3 is 2.53 bits per heavy atom. The van der Waals surface area contributed by atoms with Crippen molar-refractivity contribution in [2.75, 3.05) is 18.6 Å². The summed E-state index contributed by atoms with van der Waals surface area (Å²) in [6.45, 7) is 18.4. The fourth-order valence-electron chi connectivity index (χ4n) is 5.77. The number of nitrogens with zero attached hydrogens (tertiary/aromatic N) is 4. The lowest BCUT2D eigenvalue weighted by molar-refractivity contribution is 0.413. The van der Waals surface area contributed by atoms with Crippen LogP contribution in [0.2, 0.25) is 0 Å². The number of hydrogen-bond donors (Lipinski definition) is 0. The molecule has 0 bridgehead atoms. The predicted octanol–water partition coefficient (Wildman–Crippen LogP) is 8.52. The molecule has 2 aromatic rings. The summed E-state index contributed by atoms with van der Waals surface area (Å²) < 4.78 is 0. The van der Waals surface area contributed by atoms with E-state index in [4.69, 9.17) is 9.98 Å². The van der Waals surface area contributed by atoms with E-state index in [1.807, 2.05) is 25.1 Å². The molecule has 38 heavy (non-hydrogen) atoms. The number of hydrogen-bond acceptors (Lipinski definition) is 5. The van der Waals surface area contributed by atoms with Gasteiger partial charge in [-0.25, -0.2) is 0 Å². The number of benzene rings is 1. The number of pyridine rings is 1. The van der Waals surface area contributed by atoms with Gasteiger partial charge in [0.05, 0.1) is 5.52 Å². The maximum atomic E-state index is 5.21. The third kappa shape index (κ3) is 7.25. The molecular formula is C33H46N4S. The van der Waals surface area contributed by atoms with E-state index in [0.717, 1.165) is 54.2 Å². The van der Waals surface area contributed by atoms with Crippen LogP contribution in [0.15, 0.2) is 64.5 Å². The Kier molecular flexibility index (Phi) is 11.4. The van der Waals surface area contributed by atoms with Gasteiger partial charge in [-0.2, -0.15) is 16.9 Å². The Morgan fingerprint density at radius 1 is 1.18 bits per heavy atom. The molecule has 1 aliphatic heterocycles. The van der Waals surface area contributed by atoms with Crippen molar-refractivity contribution in [1.29, 1.82) is 0 Å². The first-order valence-corrected chi connectivity index (χ1v) is 15.2. The zero-order chi connectivity index (χ0) is 27.7. The van der Waals surface area contributed by atoms with Gasteiger partial charge in [-0.05, 0) is 112 Å². The molecule has 1 aliphatic rings. The molecule has 204 valence electrons. The fraction of sp³-hybridized carbons (Fsp3) is 0.485. The minimum Gasteiger partial charge on any atom is -0.273 e. The molecule has 0 radical (unpaired) electrons. The van der Waals surface area contributed by atoms with Gasteiger partial charge in [0.25, 0.3) is 0 Å². The van der Waals surface area contributed by atoms with Gasteiger partial charge in [0, 0.05) is 47.9 Å². The first kappa shape index (κ1) is 29.9. The smallest absolute Gasteiger partial charge is 0.0708 e. The second-order valence-electron chi connectivity index (χ2n) is 10.3. The summed E-state index contributed by atoms with van der Waals surface area (Å²) in [7, 11) is 1.97. The molecule has 3 rings (SSSR count). The van der Waals surface area contributed by atoms with Crippen molar-refractivity contribution in [3.05, 3.63) is 76.8 Å². The van der Waals surface area contributed by atoms with Gasteiger partial charge in [0.1, 0.15) is 0 Å². The summed E-state index contributed by atoms with van der Waals surface area (Å²) in [4.78, 5) is 10.0. The molecule has 1 aromatic heterocycles. The van der Waals surface area contributed by atoms with Crippen LogP contribution in [0.1, 0.15) is 82.2 Å². The van der Waals surface area contributed by atoms with E-state index in [0.29, 0.717) is 0 Å². The van der Waals surface area contributed by atoms with E-state index in [1.54, 1.807) is 6.08 Å². The van der Waals surface area contributed by atoms with Crippen LogP contribution in [-0.4, -0.2) is 41.0 Å². The van der Waals surface area contributed by atoms with Crippen LogP contribution >= 0.6 is 11.8 Å². The van der Waals surface area contributed by atoms with Crippen molar-refractivity contribution < 1.29 is 0 Å². The van der Waals surface area contributed by atoms with Crippen molar-refractivity contribution in [1.82, 2.24) is 9.99 Å². The second kappa shape index (κ2) is 14.5. The standard InChI is InChI=1S/C33H46N4S/c1-9-13-23(5)35-24(6)20-28(33(12-4)37(8)34-7)26-14-15-32-30(22-26)27(10-2)29(31(11-3)36-32)21-25-16-18-38-19-17-25/h9,12-15,22,25,28H,1,7,10-11,16-21H2,2-6,8H3/b23-13-,33-12-,35-24?.